The van der Waals surface area contributed by atoms with Gasteiger partial charge in [-0.2, -0.15) is 0 Å². The molecular weight excluding hydrogens is 739 g/mol. The van der Waals surface area contributed by atoms with Crippen molar-refractivity contribution in [2.45, 2.75) is 42.1 Å². The number of hydrogen-bond acceptors (Lipinski definition) is 5. The minimum absolute atomic E-state index is 0.0843. The van der Waals surface area contributed by atoms with E-state index in [9.17, 15) is 0 Å². The molecule has 0 aromatic heterocycles. The molecule has 1 spiro atoms. The van der Waals surface area contributed by atoms with E-state index in [0.29, 0.717) is 0 Å². The van der Waals surface area contributed by atoms with E-state index in [4.69, 9.17) is 18.9 Å². The lowest BCUT2D eigenvalue weighted by molar-refractivity contribution is 0.122. The predicted molar refractivity (Wildman–Crippen MR) is 242 cm³/mol. The Hall–Kier alpha value is -6.30. The van der Waals surface area contributed by atoms with Crippen LogP contribution < -0.4 is 19.1 Å². The number of anilines is 1. The quantitative estimate of drug-likeness (QED) is 0.161. The molecule has 0 bridgehead atoms. The van der Waals surface area contributed by atoms with Crippen molar-refractivity contribution in [3.05, 3.63) is 197 Å². The van der Waals surface area contributed by atoms with E-state index in [1.54, 1.807) is 14.2 Å². The van der Waals surface area contributed by atoms with Crippen LogP contribution >= 0.6 is 0 Å². The normalized spacial score (nSPS) is 19.6. The van der Waals surface area contributed by atoms with Gasteiger partial charge in [-0.3, -0.25) is 0 Å². The lowest BCUT2D eigenvalue weighted by atomic mass is 9.56. The van der Waals surface area contributed by atoms with Gasteiger partial charge in [-0.1, -0.05) is 115 Å². The van der Waals surface area contributed by atoms with Gasteiger partial charge in [0.15, 0.2) is 5.60 Å². The van der Waals surface area contributed by atoms with Gasteiger partial charge >= 0.3 is 0 Å². The first-order chi connectivity index (χ1) is 29.6. The summed E-state index contributed by atoms with van der Waals surface area (Å²) in [5.41, 5.74) is 11.5. The van der Waals surface area contributed by atoms with Gasteiger partial charge in [-0.15, -0.1) is 0 Å². The van der Waals surface area contributed by atoms with Gasteiger partial charge in [0, 0.05) is 51.7 Å². The van der Waals surface area contributed by atoms with Crippen LogP contribution in [-0.4, -0.2) is 40.5 Å². The third-order valence-electron chi connectivity index (χ3n) is 14.2. The minimum Gasteiger partial charge on any atom is -0.497 e. The van der Waals surface area contributed by atoms with Crippen LogP contribution in [0.15, 0.2) is 158 Å². The number of ether oxygens (including phenoxy) is 4. The number of hydrogen-bond donors (Lipinski definition) is 0. The van der Waals surface area contributed by atoms with Crippen molar-refractivity contribution >= 4 is 22.5 Å². The van der Waals surface area contributed by atoms with Crippen LogP contribution in [0.1, 0.15) is 64.6 Å². The fourth-order valence-corrected chi connectivity index (χ4v) is 11.2. The van der Waals surface area contributed by atoms with Gasteiger partial charge < -0.3 is 23.8 Å². The summed E-state index contributed by atoms with van der Waals surface area (Å²) < 4.78 is 25.0. The smallest absolute Gasteiger partial charge is 0.178 e. The summed E-state index contributed by atoms with van der Waals surface area (Å²) in [6.07, 6.45) is 8.77. The summed E-state index contributed by atoms with van der Waals surface area (Å²) in [6.45, 7) is 3.25. The molecule has 0 radical (unpaired) electrons. The summed E-state index contributed by atoms with van der Waals surface area (Å²) in [5.74, 6) is 2.51. The Kier molecular flexibility index (Phi) is 8.86. The van der Waals surface area contributed by atoms with Crippen molar-refractivity contribution < 1.29 is 18.9 Å². The van der Waals surface area contributed by atoms with E-state index < -0.39 is 5.60 Å². The molecule has 5 nitrogen and oxygen atoms in total. The lowest BCUT2D eigenvalue weighted by Crippen LogP contribution is -2.41. The van der Waals surface area contributed by atoms with E-state index in [-0.39, 0.29) is 10.8 Å². The molecule has 1 saturated carbocycles. The highest BCUT2D eigenvalue weighted by Crippen LogP contribution is 2.64. The SMILES string of the molecule is COc1ccc(C2(c3ccc(N4CCOCC4)cc3)C=Cc3c4c(c5ccc(OC)cc5c3O2)-c2ccccc2C42CCC(c3ccccc3)(c3ccccc3)CC2)cc1. The van der Waals surface area contributed by atoms with Crippen LogP contribution in [0.25, 0.3) is 28.0 Å². The van der Waals surface area contributed by atoms with Crippen LogP contribution in [0.2, 0.25) is 0 Å². The Morgan fingerprint density at radius 3 is 1.78 bits per heavy atom. The Bertz CT molecular complexity index is 2690. The zero-order valence-electron chi connectivity index (χ0n) is 34.3. The average molecular weight is 788 g/mol. The van der Waals surface area contributed by atoms with Crippen molar-refractivity contribution in [1.29, 1.82) is 0 Å². The van der Waals surface area contributed by atoms with Gasteiger partial charge in [0.1, 0.15) is 17.2 Å². The molecule has 298 valence electrons. The van der Waals surface area contributed by atoms with Gasteiger partial charge in [0.05, 0.1) is 27.4 Å². The zero-order chi connectivity index (χ0) is 40.3. The van der Waals surface area contributed by atoms with Gasteiger partial charge in [0.25, 0.3) is 0 Å². The maximum absolute atomic E-state index is 7.78. The highest BCUT2D eigenvalue weighted by atomic mass is 16.5. The monoisotopic (exact) mass is 787 g/mol. The first kappa shape index (κ1) is 36.8. The molecule has 0 amide bonds. The largest absolute Gasteiger partial charge is 0.497 e. The second kappa shape index (κ2) is 14.5. The summed E-state index contributed by atoms with van der Waals surface area (Å²) in [7, 11) is 3.46. The van der Waals surface area contributed by atoms with E-state index in [1.165, 1.54) is 50.0 Å². The lowest BCUT2D eigenvalue weighted by Gasteiger charge is -2.48. The van der Waals surface area contributed by atoms with E-state index >= 15 is 0 Å². The molecule has 2 fully saturated rings. The molecule has 1 saturated heterocycles. The number of nitrogens with zero attached hydrogens (tertiary/aromatic N) is 1. The van der Waals surface area contributed by atoms with Crippen LogP contribution in [-0.2, 0) is 21.2 Å². The molecule has 2 aliphatic heterocycles. The second-order valence-electron chi connectivity index (χ2n) is 16.9. The van der Waals surface area contributed by atoms with E-state index in [1.807, 2.05) is 12.1 Å². The highest BCUT2D eigenvalue weighted by molar-refractivity contribution is 6.09. The van der Waals surface area contributed by atoms with Crippen molar-refractivity contribution in [2.75, 3.05) is 45.4 Å². The second-order valence-corrected chi connectivity index (χ2v) is 16.9. The minimum atomic E-state index is -0.909. The van der Waals surface area contributed by atoms with Crippen LogP contribution in [0.5, 0.6) is 17.2 Å². The molecule has 11 rings (SSSR count). The third kappa shape index (κ3) is 5.55. The van der Waals surface area contributed by atoms with Crippen molar-refractivity contribution in [2.24, 2.45) is 0 Å². The van der Waals surface area contributed by atoms with E-state index in [0.717, 1.165) is 85.7 Å². The molecule has 60 heavy (non-hydrogen) atoms. The fraction of sp³-hybridized carbons (Fsp3) is 0.236. The van der Waals surface area contributed by atoms with Crippen molar-refractivity contribution in [3.8, 4) is 28.4 Å². The number of fused-ring (bicyclic) bond motifs is 10. The molecule has 1 unspecified atom stereocenters. The van der Waals surface area contributed by atoms with Crippen molar-refractivity contribution in [3.63, 3.8) is 0 Å². The maximum atomic E-state index is 7.78. The Morgan fingerprint density at radius 2 is 1.13 bits per heavy atom. The summed E-state index contributed by atoms with van der Waals surface area (Å²) >= 11 is 0. The van der Waals surface area contributed by atoms with Crippen LogP contribution in [0.4, 0.5) is 5.69 Å². The number of rotatable bonds is 7. The number of benzene rings is 7. The van der Waals surface area contributed by atoms with Crippen LogP contribution in [0, 0.1) is 0 Å². The molecule has 5 heteroatoms. The topological polar surface area (TPSA) is 40.2 Å². The fourth-order valence-electron chi connectivity index (χ4n) is 11.2. The summed E-state index contributed by atoms with van der Waals surface area (Å²) in [4.78, 5) is 2.40. The molecule has 2 aliphatic carbocycles. The highest BCUT2D eigenvalue weighted by Gasteiger charge is 2.53. The van der Waals surface area contributed by atoms with Gasteiger partial charge in [0.2, 0.25) is 0 Å². The van der Waals surface area contributed by atoms with E-state index in [2.05, 4.69) is 157 Å². The maximum Gasteiger partial charge on any atom is 0.178 e. The Morgan fingerprint density at radius 1 is 0.550 bits per heavy atom. The van der Waals surface area contributed by atoms with Gasteiger partial charge in [-0.25, -0.2) is 0 Å². The molecule has 0 N–H and O–H groups in total. The van der Waals surface area contributed by atoms with Gasteiger partial charge in [-0.05, 0) is 113 Å². The molecule has 7 aromatic carbocycles. The number of methoxy groups -OCH3 is 2. The summed E-state index contributed by atoms with van der Waals surface area (Å²) in [5, 5.41) is 2.25. The first-order valence-electron chi connectivity index (χ1n) is 21.4. The predicted octanol–water partition coefficient (Wildman–Crippen LogP) is 11.9. The third-order valence-corrected chi connectivity index (χ3v) is 14.2. The molecule has 4 aliphatic rings. The number of morpholine rings is 1. The molecule has 1 atom stereocenters. The summed E-state index contributed by atoms with van der Waals surface area (Å²) in [6, 6.07) is 55.5. The molecule has 7 aromatic rings. The molecule has 2 heterocycles. The Labute approximate surface area is 352 Å². The standard InChI is InChI=1S/C55H49NO4/c1-57-43-23-19-41(20-24-43)55(40-17-21-42(22-18-40)56-33-35-59-36-34-56)28-27-47-51-50(45-26-25-44(58-2)37-48(45)52(47)60-55)46-15-9-10-16-49(46)54(51)31-29-53(30-32-54,38-11-5-3-6-12-38)39-13-7-4-8-14-39/h3-28,37H,29-36H2,1-2H3. The first-order valence-corrected chi connectivity index (χ1v) is 21.4. The molecular formula is C55H49NO4. The van der Waals surface area contributed by atoms with Crippen LogP contribution in [0.3, 0.4) is 0 Å². The Balaban J connectivity index is 1.12. The van der Waals surface area contributed by atoms with Crippen molar-refractivity contribution in [1.82, 2.24) is 0 Å². The zero-order valence-corrected chi connectivity index (χ0v) is 34.3. The average Bonchev–Trinajstić information content (AvgIpc) is 3.62.